The average Bonchev–Trinajstić information content (AvgIpc) is 2.83. The van der Waals surface area contributed by atoms with Crippen molar-refractivity contribution in [1.29, 1.82) is 0 Å². The molecule has 0 saturated heterocycles. The Morgan fingerprint density at radius 2 is 2.15 bits per heavy atom. The van der Waals surface area contributed by atoms with E-state index in [4.69, 9.17) is 4.42 Å². The molecule has 4 nitrogen and oxygen atoms in total. The lowest BCUT2D eigenvalue weighted by Crippen LogP contribution is -2.23. The standard InChI is InChI=1S/C14H17BrFN3O/c1-9(2)17-8-4-7-12-18-19-14(20-12)13-10(15)5-3-6-11(13)16/h3,5-6,9,17H,4,7-8H2,1-2H3. The molecule has 0 fully saturated rings. The minimum absolute atomic E-state index is 0.210. The van der Waals surface area contributed by atoms with Crippen molar-refractivity contribution in [1.82, 2.24) is 15.5 Å². The van der Waals surface area contributed by atoms with Gasteiger partial charge in [0.1, 0.15) is 5.82 Å². The Labute approximate surface area is 125 Å². The van der Waals surface area contributed by atoms with Gasteiger partial charge in [-0.3, -0.25) is 0 Å². The molecule has 0 aliphatic carbocycles. The van der Waals surface area contributed by atoms with Gasteiger partial charge in [-0.15, -0.1) is 10.2 Å². The van der Waals surface area contributed by atoms with Gasteiger partial charge in [0.05, 0.1) is 5.56 Å². The lowest BCUT2D eigenvalue weighted by atomic mass is 10.2. The van der Waals surface area contributed by atoms with Gasteiger partial charge in [0.25, 0.3) is 5.89 Å². The van der Waals surface area contributed by atoms with E-state index in [2.05, 4.69) is 45.3 Å². The molecule has 1 heterocycles. The van der Waals surface area contributed by atoms with Gasteiger partial charge in [0.15, 0.2) is 0 Å². The highest BCUT2D eigenvalue weighted by Gasteiger charge is 2.15. The van der Waals surface area contributed by atoms with E-state index in [1.54, 1.807) is 12.1 Å². The molecule has 0 bridgehead atoms. The van der Waals surface area contributed by atoms with Crippen LogP contribution in [0.25, 0.3) is 11.5 Å². The van der Waals surface area contributed by atoms with Crippen molar-refractivity contribution in [2.75, 3.05) is 6.54 Å². The highest BCUT2D eigenvalue weighted by molar-refractivity contribution is 9.10. The van der Waals surface area contributed by atoms with Crippen molar-refractivity contribution in [3.63, 3.8) is 0 Å². The molecule has 0 aliphatic heterocycles. The fourth-order valence-electron chi connectivity index (χ4n) is 1.79. The summed E-state index contributed by atoms with van der Waals surface area (Å²) in [6.45, 7) is 5.08. The van der Waals surface area contributed by atoms with Gasteiger partial charge in [0.2, 0.25) is 5.89 Å². The van der Waals surface area contributed by atoms with Crippen LogP contribution in [0.1, 0.15) is 26.2 Å². The first kappa shape index (κ1) is 15.1. The van der Waals surface area contributed by atoms with Crippen LogP contribution >= 0.6 is 15.9 Å². The zero-order chi connectivity index (χ0) is 14.5. The van der Waals surface area contributed by atoms with Crippen LogP contribution in [0.2, 0.25) is 0 Å². The molecule has 0 aliphatic rings. The highest BCUT2D eigenvalue weighted by Crippen LogP contribution is 2.29. The number of hydrogen-bond acceptors (Lipinski definition) is 4. The van der Waals surface area contributed by atoms with E-state index < -0.39 is 0 Å². The van der Waals surface area contributed by atoms with E-state index >= 15 is 0 Å². The Kier molecular flexibility index (Phi) is 5.25. The number of nitrogens with zero attached hydrogens (tertiary/aromatic N) is 2. The Balaban J connectivity index is 2.02. The second-order valence-electron chi connectivity index (χ2n) is 4.81. The number of aromatic nitrogens is 2. The molecule has 1 aromatic carbocycles. The molecule has 2 aromatic rings. The van der Waals surface area contributed by atoms with Crippen LogP contribution < -0.4 is 5.32 Å². The summed E-state index contributed by atoms with van der Waals surface area (Å²) >= 11 is 3.30. The van der Waals surface area contributed by atoms with Crippen molar-refractivity contribution in [3.8, 4) is 11.5 Å². The third kappa shape index (κ3) is 3.86. The van der Waals surface area contributed by atoms with Gasteiger partial charge < -0.3 is 9.73 Å². The lowest BCUT2D eigenvalue weighted by Gasteiger charge is -2.05. The predicted molar refractivity (Wildman–Crippen MR) is 78.9 cm³/mol. The highest BCUT2D eigenvalue weighted by atomic mass is 79.9. The molecule has 1 aromatic heterocycles. The van der Waals surface area contributed by atoms with Gasteiger partial charge in [-0.25, -0.2) is 4.39 Å². The Hall–Kier alpha value is -1.27. The number of rotatable bonds is 6. The van der Waals surface area contributed by atoms with Gasteiger partial charge in [0, 0.05) is 16.9 Å². The number of aryl methyl sites for hydroxylation is 1. The molecule has 108 valence electrons. The monoisotopic (exact) mass is 341 g/mol. The zero-order valence-corrected chi connectivity index (χ0v) is 13.1. The quantitative estimate of drug-likeness (QED) is 0.816. The smallest absolute Gasteiger partial charge is 0.251 e. The van der Waals surface area contributed by atoms with Crippen LogP contribution in [0, 0.1) is 5.82 Å². The summed E-state index contributed by atoms with van der Waals surface area (Å²) in [5.41, 5.74) is 0.312. The molecule has 0 spiro atoms. The van der Waals surface area contributed by atoms with E-state index in [0.717, 1.165) is 13.0 Å². The predicted octanol–water partition coefficient (Wildman–Crippen LogP) is 3.57. The van der Waals surface area contributed by atoms with Gasteiger partial charge in [-0.1, -0.05) is 19.9 Å². The molecule has 0 amide bonds. The summed E-state index contributed by atoms with van der Waals surface area (Å²) in [7, 11) is 0. The normalized spacial score (nSPS) is 11.2. The number of nitrogens with one attached hydrogen (secondary N) is 1. The fraction of sp³-hybridized carbons (Fsp3) is 0.429. The van der Waals surface area contributed by atoms with Crippen molar-refractivity contribution < 1.29 is 8.81 Å². The largest absolute Gasteiger partial charge is 0.421 e. The van der Waals surface area contributed by atoms with Crippen LogP contribution in [0.4, 0.5) is 4.39 Å². The minimum Gasteiger partial charge on any atom is -0.421 e. The van der Waals surface area contributed by atoms with E-state index in [1.807, 2.05) is 0 Å². The molecule has 6 heteroatoms. The summed E-state index contributed by atoms with van der Waals surface area (Å²) in [4.78, 5) is 0. The summed E-state index contributed by atoms with van der Waals surface area (Å²) in [6.07, 6.45) is 1.58. The fourth-order valence-corrected chi connectivity index (χ4v) is 2.30. The maximum absolute atomic E-state index is 13.8. The summed E-state index contributed by atoms with van der Waals surface area (Å²) in [6, 6.07) is 5.20. The second kappa shape index (κ2) is 6.95. The van der Waals surface area contributed by atoms with E-state index in [-0.39, 0.29) is 11.7 Å². The molecule has 0 unspecified atom stereocenters. The number of halogens is 2. The summed E-state index contributed by atoms with van der Waals surface area (Å²) in [5.74, 6) is 0.360. The van der Waals surface area contributed by atoms with E-state index in [0.29, 0.717) is 28.4 Å². The first-order valence-electron chi connectivity index (χ1n) is 6.58. The number of benzene rings is 1. The van der Waals surface area contributed by atoms with Crippen LogP contribution in [-0.4, -0.2) is 22.8 Å². The van der Waals surface area contributed by atoms with Crippen molar-refractivity contribution >= 4 is 15.9 Å². The van der Waals surface area contributed by atoms with E-state index in [1.165, 1.54) is 6.07 Å². The van der Waals surface area contributed by atoms with Crippen molar-refractivity contribution in [3.05, 3.63) is 34.4 Å². The molecular weight excluding hydrogens is 325 g/mol. The topological polar surface area (TPSA) is 51.0 Å². The summed E-state index contributed by atoms with van der Waals surface area (Å²) < 4.78 is 19.9. The van der Waals surface area contributed by atoms with Crippen LogP contribution in [-0.2, 0) is 6.42 Å². The Morgan fingerprint density at radius 1 is 1.35 bits per heavy atom. The Morgan fingerprint density at radius 3 is 2.85 bits per heavy atom. The van der Waals surface area contributed by atoms with Crippen LogP contribution in [0.3, 0.4) is 0 Å². The SMILES string of the molecule is CC(C)NCCCc1nnc(-c2c(F)cccc2Br)o1. The average molecular weight is 342 g/mol. The number of hydrogen-bond donors (Lipinski definition) is 1. The van der Waals surface area contributed by atoms with E-state index in [9.17, 15) is 4.39 Å². The van der Waals surface area contributed by atoms with Crippen LogP contribution in [0.5, 0.6) is 0 Å². The van der Waals surface area contributed by atoms with Gasteiger partial charge in [-0.2, -0.15) is 0 Å². The Bertz CT molecular complexity index is 551. The molecule has 1 N–H and O–H groups in total. The molecular formula is C14H17BrFN3O. The van der Waals surface area contributed by atoms with Crippen LogP contribution in [0.15, 0.2) is 27.1 Å². The third-order valence-electron chi connectivity index (χ3n) is 2.76. The third-order valence-corrected chi connectivity index (χ3v) is 3.42. The van der Waals surface area contributed by atoms with Crippen molar-refractivity contribution in [2.24, 2.45) is 0 Å². The first-order valence-corrected chi connectivity index (χ1v) is 7.37. The molecule has 0 atom stereocenters. The zero-order valence-electron chi connectivity index (χ0n) is 11.5. The maximum atomic E-state index is 13.8. The molecule has 20 heavy (non-hydrogen) atoms. The lowest BCUT2D eigenvalue weighted by molar-refractivity contribution is 0.481. The molecule has 2 rings (SSSR count). The second-order valence-corrected chi connectivity index (χ2v) is 5.66. The van der Waals surface area contributed by atoms with Gasteiger partial charge >= 0.3 is 0 Å². The molecule has 0 radical (unpaired) electrons. The molecule has 0 saturated carbocycles. The summed E-state index contributed by atoms with van der Waals surface area (Å²) in [5, 5.41) is 11.2. The minimum atomic E-state index is -0.379. The van der Waals surface area contributed by atoms with Gasteiger partial charge in [-0.05, 0) is 41.0 Å². The maximum Gasteiger partial charge on any atom is 0.251 e. The van der Waals surface area contributed by atoms with Crippen molar-refractivity contribution in [2.45, 2.75) is 32.7 Å². The first-order chi connectivity index (χ1) is 9.58.